The van der Waals surface area contributed by atoms with E-state index in [1.54, 1.807) is 49.5 Å². The molecule has 1 atom stereocenters. The van der Waals surface area contributed by atoms with E-state index in [0.29, 0.717) is 17.7 Å². The number of allylic oxidation sites excluding steroid dienone is 1. The molecule has 2 amide bonds. The SMILES string of the molecule is CC1(C)CC(=O)C2=C(C1)N(Cc1ccccc1)C(=O)[C@@]2(NC(=O)c1cccc(C(F)(F)F)c1)C(F)(F)F. The number of benzene rings is 2. The van der Waals surface area contributed by atoms with E-state index in [4.69, 9.17) is 0 Å². The van der Waals surface area contributed by atoms with Gasteiger partial charge in [-0.25, -0.2) is 0 Å². The molecule has 1 aliphatic heterocycles. The second-order valence-corrected chi connectivity index (χ2v) is 9.92. The van der Waals surface area contributed by atoms with E-state index in [1.165, 1.54) is 0 Å². The first-order valence-corrected chi connectivity index (χ1v) is 11.3. The van der Waals surface area contributed by atoms with Gasteiger partial charge in [0.1, 0.15) is 0 Å². The fraction of sp³-hybridized carbons (Fsp3) is 0.346. The first-order valence-electron chi connectivity index (χ1n) is 11.3. The van der Waals surface area contributed by atoms with Gasteiger partial charge in [-0.2, -0.15) is 26.3 Å². The van der Waals surface area contributed by atoms with Gasteiger partial charge >= 0.3 is 12.4 Å². The Hall–Kier alpha value is -3.63. The fourth-order valence-corrected chi connectivity index (χ4v) is 4.84. The normalized spacial score (nSPS) is 21.8. The van der Waals surface area contributed by atoms with Crippen molar-refractivity contribution in [3.8, 4) is 0 Å². The van der Waals surface area contributed by atoms with E-state index >= 15 is 0 Å². The number of nitrogens with zero attached hydrogens (tertiary/aromatic N) is 1. The van der Waals surface area contributed by atoms with Gasteiger partial charge in [-0.3, -0.25) is 14.4 Å². The minimum atomic E-state index is -5.47. The third-order valence-corrected chi connectivity index (χ3v) is 6.48. The molecule has 0 unspecified atom stereocenters. The Morgan fingerprint density at radius 1 is 0.946 bits per heavy atom. The van der Waals surface area contributed by atoms with Crippen LogP contribution in [0.3, 0.4) is 0 Å². The second-order valence-electron chi connectivity index (χ2n) is 9.92. The molecule has 1 heterocycles. The maximum atomic E-state index is 14.8. The summed E-state index contributed by atoms with van der Waals surface area (Å²) in [5.41, 5.74) is -7.05. The summed E-state index contributed by atoms with van der Waals surface area (Å²) in [6.45, 7) is 3.06. The summed E-state index contributed by atoms with van der Waals surface area (Å²) in [6.07, 6.45) is -10.7. The second kappa shape index (κ2) is 8.74. The van der Waals surface area contributed by atoms with E-state index in [1.807, 2.05) is 0 Å². The van der Waals surface area contributed by atoms with Crippen LogP contribution < -0.4 is 5.32 Å². The number of hydrogen-bond donors (Lipinski definition) is 1. The molecule has 0 fully saturated rings. The minimum absolute atomic E-state index is 0.0517. The van der Waals surface area contributed by atoms with Crippen molar-refractivity contribution in [3.63, 3.8) is 0 Å². The molecule has 0 spiro atoms. The van der Waals surface area contributed by atoms with Crippen LogP contribution in [0.25, 0.3) is 0 Å². The lowest BCUT2D eigenvalue weighted by Gasteiger charge is -2.35. The van der Waals surface area contributed by atoms with Crippen molar-refractivity contribution in [2.45, 2.75) is 51.1 Å². The van der Waals surface area contributed by atoms with Crippen molar-refractivity contribution in [3.05, 3.63) is 82.6 Å². The minimum Gasteiger partial charge on any atom is -0.326 e. The van der Waals surface area contributed by atoms with Gasteiger partial charge in [0.15, 0.2) is 5.78 Å². The predicted octanol–water partition coefficient (Wildman–Crippen LogP) is 5.42. The first-order chi connectivity index (χ1) is 17.1. The number of halogens is 6. The van der Waals surface area contributed by atoms with E-state index in [2.05, 4.69) is 0 Å². The lowest BCUT2D eigenvalue weighted by atomic mass is 9.72. The van der Waals surface area contributed by atoms with Crippen molar-refractivity contribution in [2.24, 2.45) is 5.41 Å². The number of nitrogens with one attached hydrogen (secondary N) is 1. The highest BCUT2D eigenvalue weighted by Gasteiger charge is 2.71. The summed E-state index contributed by atoms with van der Waals surface area (Å²) in [5.74, 6) is -4.11. The van der Waals surface area contributed by atoms with Crippen molar-refractivity contribution in [1.29, 1.82) is 0 Å². The zero-order chi connectivity index (χ0) is 27.4. The van der Waals surface area contributed by atoms with Gasteiger partial charge in [-0.15, -0.1) is 0 Å². The first kappa shape index (κ1) is 26.4. The Kier molecular flexibility index (Phi) is 6.24. The fourth-order valence-electron chi connectivity index (χ4n) is 4.84. The zero-order valence-corrected chi connectivity index (χ0v) is 19.8. The number of amides is 2. The predicted molar refractivity (Wildman–Crippen MR) is 120 cm³/mol. The molecule has 0 bridgehead atoms. The van der Waals surface area contributed by atoms with Crippen molar-refractivity contribution in [2.75, 3.05) is 0 Å². The number of carbonyl (C=O) groups excluding carboxylic acids is 3. The highest BCUT2D eigenvalue weighted by atomic mass is 19.4. The molecule has 0 aromatic heterocycles. The summed E-state index contributed by atoms with van der Waals surface area (Å²) in [6, 6.07) is 11.0. The summed E-state index contributed by atoms with van der Waals surface area (Å²) in [7, 11) is 0. The quantitative estimate of drug-likeness (QED) is 0.544. The van der Waals surface area contributed by atoms with Crippen LogP contribution in [-0.2, 0) is 22.3 Å². The van der Waals surface area contributed by atoms with Crippen LogP contribution in [0, 0.1) is 5.41 Å². The van der Waals surface area contributed by atoms with Crippen LogP contribution in [0.2, 0.25) is 0 Å². The van der Waals surface area contributed by atoms with Crippen molar-refractivity contribution >= 4 is 17.6 Å². The van der Waals surface area contributed by atoms with Crippen LogP contribution in [0.5, 0.6) is 0 Å². The van der Waals surface area contributed by atoms with Crippen molar-refractivity contribution < 1.29 is 40.7 Å². The molecule has 5 nitrogen and oxygen atoms in total. The van der Waals surface area contributed by atoms with E-state index in [0.717, 1.165) is 17.0 Å². The zero-order valence-electron chi connectivity index (χ0n) is 19.8. The molecule has 1 N–H and O–H groups in total. The maximum absolute atomic E-state index is 14.8. The standard InChI is InChI=1S/C26H22F6N2O3/c1-23(2)12-18-20(19(35)13-23)24(26(30,31)32,22(37)34(18)14-15-7-4-3-5-8-15)33-21(36)16-9-6-10-17(11-16)25(27,28)29/h3-11H,12-14H2,1-2H3,(H,33,36)/t24-/m1/s1. The molecule has 37 heavy (non-hydrogen) atoms. The lowest BCUT2D eigenvalue weighted by molar-refractivity contribution is -0.190. The monoisotopic (exact) mass is 524 g/mol. The van der Waals surface area contributed by atoms with E-state index in [9.17, 15) is 40.7 Å². The molecule has 196 valence electrons. The highest BCUT2D eigenvalue weighted by Crippen LogP contribution is 2.52. The van der Waals surface area contributed by atoms with Crippen LogP contribution in [0.15, 0.2) is 65.9 Å². The molecule has 11 heteroatoms. The van der Waals surface area contributed by atoms with Crippen molar-refractivity contribution in [1.82, 2.24) is 10.2 Å². The Labute approximate surface area is 208 Å². The van der Waals surface area contributed by atoms with Gasteiger partial charge in [0.2, 0.25) is 5.54 Å². The lowest BCUT2D eigenvalue weighted by Crippen LogP contribution is -2.66. The summed E-state index contributed by atoms with van der Waals surface area (Å²) in [5, 5.41) is 1.65. The highest BCUT2D eigenvalue weighted by molar-refractivity contribution is 6.14. The van der Waals surface area contributed by atoms with Gasteiger partial charge in [-0.05, 0) is 35.6 Å². The molecule has 0 saturated heterocycles. The molecule has 2 aliphatic rings. The molecule has 1 aliphatic carbocycles. The Morgan fingerprint density at radius 2 is 1.59 bits per heavy atom. The largest absolute Gasteiger partial charge is 0.425 e. The third-order valence-electron chi connectivity index (χ3n) is 6.48. The van der Waals surface area contributed by atoms with Crippen LogP contribution in [0.4, 0.5) is 26.3 Å². The Bertz CT molecular complexity index is 1300. The molecule has 2 aromatic carbocycles. The van der Waals surface area contributed by atoms with E-state index in [-0.39, 0.29) is 25.1 Å². The van der Waals surface area contributed by atoms with Gasteiger partial charge < -0.3 is 10.2 Å². The van der Waals surface area contributed by atoms with Crippen LogP contribution >= 0.6 is 0 Å². The van der Waals surface area contributed by atoms with Gasteiger partial charge in [0.25, 0.3) is 11.8 Å². The number of rotatable bonds is 4. The molecule has 2 aromatic rings. The van der Waals surface area contributed by atoms with Gasteiger partial charge in [0, 0.05) is 17.7 Å². The summed E-state index contributed by atoms with van der Waals surface area (Å²) >= 11 is 0. The van der Waals surface area contributed by atoms with Gasteiger partial charge in [-0.1, -0.05) is 50.2 Å². The maximum Gasteiger partial charge on any atom is 0.425 e. The number of hydrogen-bond acceptors (Lipinski definition) is 3. The van der Waals surface area contributed by atoms with Crippen LogP contribution in [0.1, 0.15) is 48.2 Å². The third kappa shape index (κ3) is 4.62. The summed E-state index contributed by atoms with van der Waals surface area (Å²) < 4.78 is 83.9. The molecule has 4 rings (SSSR count). The number of ketones is 1. The smallest absolute Gasteiger partial charge is 0.326 e. The molecule has 0 radical (unpaired) electrons. The number of carbonyl (C=O) groups is 3. The van der Waals surface area contributed by atoms with Crippen LogP contribution in [-0.4, -0.2) is 34.2 Å². The topological polar surface area (TPSA) is 66.5 Å². The average Bonchev–Trinajstić information content (AvgIpc) is 3.01. The molecular weight excluding hydrogens is 502 g/mol. The number of Topliss-reactive ketones (excluding diaryl/α,β-unsaturated/α-hetero) is 1. The summed E-state index contributed by atoms with van der Waals surface area (Å²) in [4.78, 5) is 40.6. The molecular formula is C26H22F6N2O3. The Balaban J connectivity index is 1.86. The van der Waals surface area contributed by atoms with Gasteiger partial charge in [0.05, 0.1) is 17.7 Å². The number of alkyl halides is 6. The van der Waals surface area contributed by atoms with E-state index < -0.39 is 57.6 Å². The average molecular weight is 524 g/mol. The Morgan fingerprint density at radius 3 is 2.19 bits per heavy atom. The molecule has 0 saturated carbocycles.